The van der Waals surface area contributed by atoms with Gasteiger partial charge in [0.05, 0.1) is 11.4 Å². The fraction of sp³-hybridized carbons (Fsp3) is 0.500. The second-order valence-corrected chi connectivity index (χ2v) is 7.40. The van der Waals surface area contributed by atoms with Crippen molar-refractivity contribution in [1.82, 2.24) is 9.62 Å². The van der Waals surface area contributed by atoms with E-state index >= 15 is 0 Å². The molecule has 1 aromatic rings. The van der Waals surface area contributed by atoms with E-state index < -0.39 is 16.0 Å². The molecule has 0 radical (unpaired) electrons. The zero-order chi connectivity index (χ0) is 15.5. The van der Waals surface area contributed by atoms with Crippen molar-refractivity contribution in [3.63, 3.8) is 0 Å². The predicted molar refractivity (Wildman–Crippen MR) is 76.9 cm³/mol. The topological polar surface area (TPSA) is 104 Å². The van der Waals surface area contributed by atoms with Crippen LogP contribution < -0.4 is 4.72 Å². The number of nitrogens with one attached hydrogen (secondary N) is 1. The SMILES string of the molecule is O=C(O)c1cc(S(=O)(=O)NCC(=O)N2CCCCC2)cs1. The lowest BCUT2D eigenvalue weighted by Crippen LogP contribution is -2.42. The molecule has 0 bridgehead atoms. The van der Waals surface area contributed by atoms with Crippen molar-refractivity contribution in [1.29, 1.82) is 0 Å². The van der Waals surface area contributed by atoms with Gasteiger partial charge in [-0.05, 0) is 25.3 Å². The highest BCUT2D eigenvalue weighted by molar-refractivity contribution is 7.89. The fourth-order valence-electron chi connectivity index (χ4n) is 2.07. The van der Waals surface area contributed by atoms with Gasteiger partial charge >= 0.3 is 5.97 Å². The lowest BCUT2D eigenvalue weighted by molar-refractivity contribution is -0.130. The number of aromatic carboxylic acids is 1. The van der Waals surface area contributed by atoms with Crippen molar-refractivity contribution < 1.29 is 23.1 Å². The minimum atomic E-state index is -3.86. The van der Waals surface area contributed by atoms with Crippen LogP contribution in [0, 0.1) is 0 Å². The average molecular weight is 332 g/mol. The molecule has 0 unspecified atom stereocenters. The Morgan fingerprint density at radius 2 is 1.95 bits per heavy atom. The fourth-order valence-corrected chi connectivity index (χ4v) is 4.15. The van der Waals surface area contributed by atoms with Crippen LogP contribution in [0.4, 0.5) is 0 Å². The number of sulfonamides is 1. The summed E-state index contributed by atoms with van der Waals surface area (Å²) in [5, 5.41) is 10.0. The Morgan fingerprint density at radius 1 is 1.29 bits per heavy atom. The van der Waals surface area contributed by atoms with E-state index in [0.29, 0.717) is 13.1 Å². The molecule has 1 aliphatic rings. The van der Waals surface area contributed by atoms with Crippen LogP contribution >= 0.6 is 11.3 Å². The molecule has 0 saturated carbocycles. The Labute approximate surface area is 126 Å². The van der Waals surface area contributed by atoms with Gasteiger partial charge in [-0.2, -0.15) is 0 Å². The van der Waals surface area contributed by atoms with Crippen LogP contribution in [-0.2, 0) is 14.8 Å². The lowest BCUT2D eigenvalue weighted by Gasteiger charge is -2.26. The molecule has 2 N–H and O–H groups in total. The minimum Gasteiger partial charge on any atom is -0.477 e. The van der Waals surface area contributed by atoms with E-state index in [4.69, 9.17) is 5.11 Å². The standard InChI is InChI=1S/C12H16N2O5S2/c15-11(14-4-2-1-3-5-14)7-13-21(18,19)9-6-10(12(16)17)20-8-9/h6,8,13H,1-5,7H2,(H,16,17). The van der Waals surface area contributed by atoms with Gasteiger partial charge in [0, 0.05) is 18.5 Å². The van der Waals surface area contributed by atoms with Crippen molar-refractivity contribution in [2.75, 3.05) is 19.6 Å². The molecule has 0 atom stereocenters. The number of carbonyl (C=O) groups excluding carboxylic acids is 1. The van der Waals surface area contributed by atoms with Gasteiger partial charge in [-0.1, -0.05) is 0 Å². The van der Waals surface area contributed by atoms with Gasteiger partial charge in [0.25, 0.3) is 0 Å². The van der Waals surface area contributed by atoms with E-state index in [-0.39, 0.29) is 22.2 Å². The van der Waals surface area contributed by atoms with Gasteiger partial charge < -0.3 is 10.0 Å². The van der Waals surface area contributed by atoms with Crippen LogP contribution in [0.3, 0.4) is 0 Å². The van der Waals surface area contributed by atoms with Gasteiger partial charge in [0.1, 0.15) is 4.88 Å². The Bertz CT molecular complexity index is 632. The highest BCUT2D eigenvalue weighted by atomic mass is 32.2. The normalized spacial score (nSPS) is 15.9. The smallest absolute Gasteiger partial charge is 0.345 e. The summed E-state index contributed by atoms with van der Waals surface area (Å²) < 4.78 is 26.2. The Morgan fingerprint density at radius 3 is 2.52 bits per heavy atom. The first-order valence-corrected chi connectivity index (χ1v) is 8.86. The van der Waals surface area contributed by atoms with E-state index in [1.807, 2.05) is 0 Å². The maximum atomic E-state index is 12.0. The van der Waals surface area contributed by atoms with E-state index in [1.54, 1.807) is 4.90 Å². The quantitative estimate of drug-likeness (QED) is 0.827. The number of rotatable bonds is 5. The molecular weight excluding hydrogens is 316 g/mol. The number of thiophene rings is 1. The number of amides is 1. The monoisotopic (exact) mass is 332 g/mol. The van der Waals surface area contributed by atoms with Crippen LogP contribution in [0.15, 0.2) is 16.3 Å². The van der Waals surface area contributed by atoms with Crippen molar-refractivity contribution in [3.8, 4) is 0 Å². The van der Waals surface area contributed by atoms with Gasteiger partial charge in [-0.15, -0.1) is 11.3 Å². The van der Waals surface area contributed by atoms with E-state index in [0.717, 1.165) is 36.7 Å². The van der Waals surface area contributed by atoms with Crippen LogP contribution in [0.1, 0.15) is 28.9 Å². The predicted octanol–water partition coefficient (Wildman–Crippen LogP) is 0.737. The molecule has 0 aliphatic carbocycles. The molecule has 7 nitrogen and oxygen atoms in total. The molecule has 0 aromatic carbocycles. The number of likely N-dealkylation sites (tertiary alicyclic amines) is 1. The molecule has 2 rings (SSSR count). The van der Waals surface area contributed by atoms with Gasteiger partial charge in [0.15, 0.2) is 0 Å². The lowest BCUT2D eigenvalue weighted by atomic mass is 10.1. The van der Waals surface area contributed by atoms with E-state index in [1.165, 1.54) is 5.38 Å². The number of piperidine rings is 1. The summed E-state index contributed by atoms with van der Waals surface area (Å²) in [5.41, 5.74) is 0. The zero-order valence-electron chi connectivity index (χ0n) is 11.2. The first-order chi connectivity index (χ1) is 9.90. The third-order valence-electron chi connectivity index (χ3n) is 3.22. The van der Waals surface area contributed by atoms with Crippen LogP contribution in [0.5, 0.6) is 0 Å². The van der Waals surface area contributed by atoms with Crippen molar-refractivity contribution >= 4 is 33.2 Å². The molecule has 1 aliphatic heterocycles. The summed E-state index contributed by atoms with van der Waals surface area (Å²) in [7, 11) is -3.86. The number of hydrogen-bond acceptors (Lipinski definition) is 5. The van der Waals surface area contributed by atoms with Gasteiger partial charge in [-0.3, -0.25) is 4.79 Å². The molecule has 1 amide bonds. The van der Waals surface area contributed by atoms with Crippen molar-refractivity contribution in [3.05, 3.63) is 16.3 Å². The number of carboxylic acid groups (broad SMARTS) is 1. The molecular formula is C12H16N2O5S2. The third-order valence-corrected chi connectivity index (χ3v) is 5.67. The van der Waals surface area contributed by atoms with E-state index in [2.05, 4.69) is 4.72 Å². The summed E-state index contributed by atoms with van der Waals surface area (Å²) >= 11 is 0.833. The minimum absolute atomic E-state index is 0.0577. The van der Waals surface area contributed by atoms with Gasteiger partial charge in [0.2, 0.25) is 15.9 Å². The second kappa shape index (κ2) is 6.54. The molecule has 0 spiro atoms. The highest BCUT2D eigenvalue weighted by Crippen LogP contribution is 2.19. The molecule has 21 heavy (non-hydrogen) atoms. The Kier molecular flexibility index (Phi) is 4.96. The zero-order valence-corrected chi connectivity index (χ0v) is 12.9. The second-order valence-electron chi connectivity index (χ2n) is 4.72. The summed E-state index contributed by atoms with van der Waals surface area (Å²) in [4.78, 5) is 24.1. The molecule has 1 aromatic heterocycles. The summed E-state index contributed by atoms with van der Waals surface area (Å²) in [6.45, 7) is 1.00. The summed E-state index contributed by atoms with van der Waals surface area (Å²) in [6, 6.07) is 1.08. The third kappa shape index (κ3) is 4.02. The Balaban J connectivity index is 1.97. The average Bonchev–Trinajstić information content (AvgIpc) is 2.97. The molecule has 116 valence electrons. The van der Waals surface area contributed by atoms with Crippen molar-refractivity contribution in [2.45, 2.75) is 24.2 Å². The van der Waals surface area contributed by atoms with Crippen LogP contribution in [0.25, 0.3) is 0 Å². The molecule has 9 heteroatoms. The largest absolute Gasteiger partial charge is 0.477 e. The summed E-state index contributed by atoms with van der Waals surface area (Å²) in [5.74, 6) is -1.43. The van der Waals surface area contributed by atoms with Crippen LogP contribution in [-0.4, -0.2) is 49.9 Å². The molecule has 1 fully saturated rings. The number of carboxylic acids is 1. The molecule has 1 saturated heterocycles. The number of nitrogens with zero attached hydrogens (tertiary/aromatic N) is 1. The first kappa shape index (κ1) is 15.9. The Hall–Kier alpha value is -1.45. The first-order valence-electron chi connectivity index (χ1n) is 6.49. The van der Waals surface area contributed by atoms with Gasteiger partial charge in [-0.25, -0.2) is 17.9 Å². The highest BCUT2D eigenvalue weighted by Gasteiger charge is 2.22. The molecule has 2 heterocycles. The number of hydrogen-bond donors (Lipinski definition) is 2. The maximum absolute atomic E-state index is 12.0. The van der Waals surface area contributed by atoms with Crippen LogP contribution in [0.2, 0.25) is 0 Å². The van der Waals surface area contributed by atoms with Crippen molar-refractivity contribution in [2.24, 2.45) is 0 Å². The summed E-state index contributed by atoms with van der Waals surface area (Å²) in [6.07, 6.45) is 2.96. The number of carbonyl (C=O) groups is 2. The maximum Gasteiger partial charge on any atom is 0.345 e. The van der Waals surface area contributed by atoms with E-state index in [9.17, 15) is 18.0 Å².